The number of amides is 2. The summed E-state index contributed by atoms with van der Waals surface area (Å²) in [6, 6.07) is 18.6. The van der Waals surface area contributed by atoms with E-state index in [0.717, 1.165) is 11.1 Å². The van der Waals surface area contributed by atoms with Gasteiger partial charge >= 0.3 is 12.0 Å². The fraction of sp³-hybridized carbons (Fsp3) is 0.250. The molecule has 0 aromatic heterocycles. The summed E-state index contributed by atoms with van der Waals surface area (Å²) in [5.41, 5.74) is 5.94. The molecule has 0 saturated heterocycles. The Kier molecular flexibility index (Phi) is 11.4. The summed E-state index contributed by atoms with van der Waals surface area (Å²) >= 11 is 3.50. The highest BCUT2D eigenvalue weighted by Crippen LogP contribution is 2.35. The Labute approximate surface area is 268 Å². The number of allylic oxidation sites excluding steroid dienone is 1. The first-order valence-corrected chi connectivity index (χ1v) is 14.7. The molecule has 0 fully saturated rings. The average Bonchev–Trinajstić information content (AvgIpc) is 3.03. The van der Waals surface area contributed by atoms with Crippen LogP contribution in [0.3, 0.4) is 0 Å². The molecular weight excluding hydrogens is 646 g/mol. The molecular formula is C32H32BrN5O7. The van der Waals surface area contributed by atoms with Gasteiger partial charge in [0.15, 0.2) is 17.7 Å². The van der Waals surface area contributed by atoms with Crippen LogP contribution in [0.25, 0.3) is 0 Å². The van der Waals surface area contributed by atoms with Gasteiger partial charge < -0.3 is 34.7 Å². The molecule has 1 aliphatic heterocycles. The quantitative estimate of drug-likeness (QED) is 0.0887. The normalized spacial score (nSPS) is 15.0. The van der Waals surface area contributed by atoms with Crippen LogP contribution < -0.4 is 30.3 Å². The molecule has 13 heteroatoms. The number of nitrogens with zero attached hydrogens (tertiary/aromatic N) is 2. The molecule has 234 valence electrons. The minimum absolute atomic E-state index is 0.159. The van der Waals surface area contributed by atoms with E-state index < -0.39 is 24.3 Å². The lowest BCUT2D eigenvalue weighted by molar-refractivity contribution is -0.136. The van der Waals surface area contributed by atoms with Gasteiger partial charge in [0.25, 0.3) is 0 Å². The topological polar surface area (TPSA) is 164 Å². The van der Waals surface area contributed by atoms with Gasteiger partial charge in [0.05, 0.1) is 47.7 Å². The molecule has 1 aliphatic rings. The second kappa shape index (κ2) is 15.6. The summed E-state index contributed by atoms with van der Waals surface area (Å²) in [5.74, 6) is 0.743. The number of ether oxygens (including phenoxy) is 4. The van der Waals surface area contributed by atoms with Crippen LogP contribution in [0.1, 0.15) is 42.1 Å². The SMILES string of the molecule is CCOc1cc([C@@H]2NC(=O)NC(C)=C2C(=O)OC)ccc1OC[C@H](O)N/N=C\c1ccc(OCc2ccccc2C#N)c(Br)c1. The van der Waals surface area contributed by atoms with E-state index in [2.05, 4.69) is 43.2 Å². The lowest BCUT2D eigenvalue weighted by Crippen LogP contribution is -2.45. The second-order valence-corrected chi connectivity index (χ2v) is 10.5. The highest BCUT2D eigenvalue weighted by Gasteiger charge is 2.32. The number of hydrogen-bond donors (Lipinski definition) is 4. The number of benzene rings is 3. The molecule has 0 radical (unpaired) electrons. The maximum absolute atomic E-state index is 12.4. The highest BCUT2D eigenvalue weighted by molar-refractivity contribution is 9.10. The Morgan fingerprint density at radius 1 is 1.13 bits per heavy atom. The van der Waals surface area contributed by atoms with E-state index in [0.29, 0.717) is 45.2 Å². The maximum Gasteiger partial charge on any atom is 0.337 e. The molecule has 45 heavy (non-hydrogen) atoms. The van der Waals surface area contributed by atoms with Crippen molar-refractivity contribution >= 4 is 34.1 Å². The monoisotopic (exact) mass is 677 g/mol. The maximum atomic E-state index is 12.4. The number of urea groups is 1. The Morgan fingerprint density at radius 3 is 2.64 bits per heavy atom. The molecule has 0 unspecified atom stereocenters. The number of halogens is 1. The zero-order chi connectivity index (χ0) is 32.3. The molecule has 4 N–H and O–H groups in total. The number of nitriles is 1. The molecule has 12 nitrogen and oxygen atoms in total. The fourth-order valence-electron chi connectivity index (χ4n) is 4.45. The van der Waals surface area contributed by atoms with E-state index in [1.54, 1.807) is 49.4 Å². The molecule has 4 rings (SSSR count). The number of methoxy groups -OCH3 is 1. The van der Waals surface area contributed by atoms with Crippen LogP contribution >= 0.6 is 15.9 Å². The van der Waals surface area contributed by atoms with Gasteiger partial charge in [0.2, 0.25) is 0 Å². The first-order chi connectivity index (χ1) is 21.7. The number of esters is 1. The van der Waals surface area contributed by atoms with Gasteiger partial charge in [-0.2, -0.15) is 10.4 Å². The van der Waals surface area contributed by atoms with Gasteiger partial charge in [-0.3, -0.25) is 5.43 Å². The fourth-order valence-corrected chi connectivity index (χ4v) is 4.96. The van der Waals surface area contributed by atoms with Crippen molar-refractivity contribution in [2.45, 2.75) is 32.7 Å². The number of aliphatic hydroxyl groups excluding tert-OH is 1. The van der Waals surface area contributed by atoms with Crippen molar-refractivity contribution in [1.82, 2.24) is 16.1 Å². The van der Waals surface area contributed by atoms with Crippen molar-refractivity contribution in [1.29, 1.82) is 5.26 Å². The molecule has 0 spiro atoms. The highest BCUT2D eigenvalue weighted by atomic mass is 79.9. The van der Waals surface area contributed by atoms with E-state index in [4.69, 9.17) is 18.9 Å². The van der Waals surface area contributed by atoms with Crippen molar-refractivity contribution in [3.05, 3.63) is 98.7 Å². The van der Waals surface area contributed by atoms with Gasteiger partial charge in [-0.15, -0.1) is 0 Å². The van der Waals surface area contributed by atoms with Gasteiger partial charge in [0.1, 0.15) is 19.0 Å². The summed E-state index contributed by atoms with van der Waals surface area (Å²) in [7, 11) is 1.27. The first kappa shape index (κ1) is 32.8. The number of hydrogen-bond acceptors (Lipinski definition) is 10. The molecule has 2 amide bonds. The predicted molar refractivity (Wildman–Crippen MR) is 169 cm³/mol. The van der Waals surface area contributed by atoms with Crippen molar-refractivity contribution in [3.63, 3.8) is 0 Å². The van der Waals surface area contributed by atoms with E-state index >= 15 is 0 Å². The number of rotatable bonds is 13. The Balaban J connectivity index is 1.35. The number of carbonyl (C=O) groups is 2. The Bertz CT molecular complexity index is 1650. The summed E-state index contributed by atoms with van der Waals surface area (Å²) in [6.45, 7) is 3.85. The number of aliphatic hydroxyl groups is 1. The zero-order valence-corrected chi connectivity index (χ0v) is 26.4. The Morgan fingerprint density at radius 2 is 1.91 bits per heavy atom. The standard InChI is InChI=1S/C32H32BrN5O7/c1-4-43-27-14-21(30-29(31(40)42-3)19(2)36-32(41)37-30)10-12-26(27)45-18-28(39)38-35-16-20-9-11-25(24(33)13-20)44-17-23-8-6-5-7-22(23)15-34/h5-14,16,28,30,38-39H,4,17-18H2,1-3H3,(H2,36,37,41)/b35-16-/t28-,30-/m0/s1. The minimum Gasteiger partial charge on any atom is -0.490 e. The largest absolute Gasteiger partial charge is 0.490 e. The van der Waals surface area contributed by atoms with Crippen LogP contribution in [0.4, 0.5) is 4.79 Å². The Hall–Kier alpha value is -5.06. The average molecular weight is 679 g/mol. The lowest BCUT2D eigenvalue weighted by atomic mass is 9.95. The van der Waals surface area contributed by atoms with Crippen molar-refractivity contribution in [3.8, 4) is 23.3 Å². The minimum atomic E-state index is -1.15. The summed E-state index contributed by atoms with van der Waals surface area (Å²) in [5, 5.41) is 29.1. The molecule has 1 heterocycles. The predicted octanol–water partition coefficient (Wildman–Crippen LogP) is 4.42. The summed E-state index contributed by atoms with van der Waals surface area (Å²) < 4.78 is 23.0. The third-order valence-corrected chi connectivity index (χ3v) is 7.21. The number of carbonyl (C=O) groups excluding carboxylic acids is 2. The lowest BCUT2D eigenvalue weighted by Gasteiger charge is -2.28. The van der Waals surface area contributed by atoms with E-state index in [1.165, 1.54) is 13.3 Å². The van der Waals surface area contributed by atoms with Crippen LogP contribution in [0.15, 0.2) is 81.5 Å². The van der Waals surface area contributed by atoms with Crippen LogP contribution in [0, 0.1) is 11.3 Å². The van der Waals surface area contributed by atoms with E-state index in [-0.39, 0.29) is 18.8 Å². The van der Waals surface area contributed by atoms with E-state index in [1.807, 2.05) is 25.1 Å². The van der Waals surface area contributed by atoms with Gasteiger partial charge in [-0.1, -0.05) is 24.3 Å². The molecule has 3 aromatic rings. The number of nitrogens with one attached hydrogen (secondary N) is 3. The van der Waals surface area contributed by atoms with Crippen LogP contribution in [-0.2, 0) is 16.1 Å². The van der Waals surface area contributed by atoms with Crippen LogP contribution in [0.5, 0.6) is 17.2 Å². The number of hydrazone groups is 1. The van der Waals surface area contributed by atoms with Gasteiger partial charge in [-0.05, 0) is 77.3 Å². The second-order valence-electron chi connectivity index (χ2n) is 9.66. The third kappa shape index (κ3) is 8.53. The molecule has 3 aromatic carbocycles. The smallest absolute Gasteiger partial charge is 0.337 e. The van der Waals surface area contributed by atoms with Crippen LogP contribution in [0.2, 0.25) is 0 Å². The summed E-state index contributed by atoms with van der Waals surface area (Å²) in [4.78, 5) is 24.6. The zero-order valence-electron chi connectivity index (χ0n) is 24.8. The molecule has 0 saturated carbocycles. The van der Waals surface area contributed by atoms with Crippen molar-refractivity contribution < 1.29 is 33.6 Å². The first-order valence-electron chi connectivity index (χ1n) is 13.9. The molecule has 0 bridgehead atoms. The van der Waals surface area contributed by atoms with Crippen LogP contribution in [-0.4, -0.2) is 49.9 Å². The molecule has 2 atom stereocenters. The van der Waals surface area contributed by atoms with Crippen molar-refractivity contribution in [2.75, 3.05) is 20.3 Å². The summed E-state index contributed by atoms with van der Waals surface area (Å²) in [6.07, 6.45) is 0.382. The van der Waals surface area contributed by atoms with E-state index in [9.17, 15) is 20.0 Å². The third-order valence-electron chi connectivity index (χ3n) is 6.59. The molecule has 0 aliphatic carbocycles. The van der Waals surface area contributed by atoms with Gasteiger partial charge in [0, 0.05) is 11.3 Å². The van der Waals surface area contributed by atoms with Gasteiger partial charge in [-0.25, -0.2) is 9.59 Å². The van der Waals surface area contributed by atoms with Crippen molar-refractivity contribution in [2.24, 2.45) is 5.10 Å².